The Morgan fingerprint density at radius 3 is 2.71 bits per heavy atom. The molecule has 0 amide bonds. The lowest BCUT2D eigenvalue weighted by Gasteiger charge is -2.13. The number of hydrogen-bond acceptors (Lipinski definition) is 7. The van der Waals surface area contributed by atoms with Crippen molar-refractivity contribution in [3.05, 3.63) is 72.7 Å². The van der Waals surface area contributed by atoms with Crippen LogP contribution in [0.15, 0.2) is 65.7 Å². The Kier molecular flexibility index (Phi) is 5.01. The molecule has 0 aliphatic carbocycles. The molecule has 1 aromatic carbocycles. The standard InChI is InChI=1S/C20H17FN6O/c1-13(10-15-12-22-8-9-23-15)25-18-7-6-14(11-24-18)20-26-19(27-28-20)16-4-2-3-5-17(16)21/h2-9,11-13H,10H2,1H3,(H,24,25)/t13-/m0/s1. The number of nitrogens with zero attached hydrogens (tertiary/aromatic N) is 5. The van der Waals surface area contributed by atoms with Gasteiger partial charge < -0.3 is 9.84 Å². The summed E-state index contributed by atoms with van der Waals surface area (Å²) in [6, 6.07) is 10.1. The number of halogens is 1. The first-order chi connectivity index (χ1) is 13.7. The molecule has 0 bridgehead atoms. The molecular weight excluding hydrogens is 359 g/mol. The van der Waals surface area contributed by atoms with Crippen LogP contribution in [-0.4, -0.2) is 31.1 Å². The summed E-state index contributed by atoms with van der Waals surface area (Å²) in [6.45, 7) is 2.04. The first-order valence-corrected chi connectivity index (χ1v) is 8.75. The first-order valence-electron chi connectivity index (χ1n) is 8.75. The Morgan fingerprint density at radius 2 is 1.96 bits per heavy atom. The second-order valence-corrected chi connectivity index (χ2v) is 6.28. The van der Waals surface area contributed by atoms with Crippen LogP contribution in [0.1, 0.15) is 12.6 Å². The molecule has 4 aromatic rings. The fourth-order valence-electron chi connectivity index (χ4n) is 2.75. The molecule has 0 unspecified atom stereocenters. The number of rotatable bonds is 6. The topological polar surface area (TPSA) is 89.6 Å². The van der Waals surface area contributed by atoms with E-state index in [0.29, 0.717) is 16.9 Å². The van der Waals surface area contributed by atoms with Gasteiger partial charge in [0.05, 0.1) is 16.8 Å². The maximum Gasteiger partial charge on any atom is 0.259 e. The second kappa shape index (κ2) is 7.91. The van der Waals surface area contributed by atoms with E-state index in [1.165, 1.54) is 6.07 Å². The zero-order chi connectivity index (χ0) is 19.3. The molecule has 4 rings (SSSR count). The first kappa shape index (κ1) is 17.7. The predicted molar refractivity (Wildman–Crippen MR) is 102 cm³/mol. The highest BCUT2D eigenvalue weighted by Crippen LogP contribution is 2.24. The largest absolute Gasteiger partial charge is 0.367 e. The van der Waals surface area contributed by atoms with Gasteiger partial charge in [-0.05, 0) is 31.2 Å². The molecule has 28 heavy (non-hydrogen) atoms. The van der Waals surface area contributed by atoms with Crippen molar-refractivity contribution in [3.8, 4) is 22.8 Å². The van der Waals surface area contributed by atoms with Crippen molar-refractivity contribution < 1.29 is 8.91 Å². The zero-order valence-electron chi connectivity index (χ0n) is 15.1. The monoisotopic (exact) mass is 376 g/mol. The highest BCUT2D eigenvalue weighted by atomic mass is 19.1. The number of benzene rings is 1. The molecule has 0 saturated carbocycles. The molecule has 0 spiro atoms. The molecule has 0 fully saturated rings. The van der Waals surface area contributed by atoms with E-state index in [2.05, 4.69) is 30.4 Å². The van der Waals surface area contributed by atoms with Gasteiger partial charge in [-0.15, -0.1) is 0 Å². The average molecular weight is 376 g/mol. The van der Waals surface area contributed by atoms with Crippen molar-refractivity contribution in [3.63, 3.8) is 0 Å². The summed E-state index contributed by atoms with van der Waals surface area (Å²) in [5.41, 5.74) is 1.86. The molecule has 0 saturated heterocycles. The zero-order valence-corrected chi connectivity index (χ0v) is 15.1. The molecule has 3 heterocycles. The summed E-state index contributed by atoms with van der Waals surface area (Å²) in [6.07, 6.45) is 7.44. The van der Waals surface area contributed by atoms with Crippen LogP contribution in [0.3, 0.4) is 0 Å². The van der Waals surface area contributed by atoms with Gasteiger partial charge in [-0.3, -0.25) is 9.97 Å². The third-order valence-electron chi connectivity index (χ3n) is 4.08. The molecule has 0 aliphatic rings. The summed E-state index contributed by atoms with van der Waals surface area (Å²) in [4.78, 5) is 17.0. The number of aromatic nitrogens is 5. The van der Waals surface area contributed by atoms with Gasteiger partial charge in [-0.1, -0.05) is 17.3 Å². The van der Waals surface area contributed by atoms with Crippen molar-refractivity contribution in [2.75, 3.05) is 5.32 Å². The van der Waals surface area contributed by atoms with Gasteiger partial charge in [-0.2, -0.15) is 4.98 Å². The number of nitrogens with one attached hydrogen (secondary N) is 1. The van der Waals surface area contributed by atoms with Gasteiger partial charge in [0, 0.05) is 37.3 Å². The van der Waals surface area contributed by atoms with Gasteiger partial charge in [0.25, 0.3) is 5.89 Å². The molecular formula is C20H17FN6O. The maximum atomic E-state index is 13.9. The molecule has 7 nitrogen and oxygen atoms in total. The number of pyridine rings is 1. The van der Waals surface area contributed by atoms with E-state index < -0.39 is 5.82 Å². The Hall–Kier alpha value is -3.68. The summed E-state index contributed by atoms with van der Waals surface area (Å²) < 4.78 is 19.1. The van der Waals surface area contributed by atoms with Crippen LogP contribution >= 0.6 is 0 Å². The van der Waals surface area contributed by atoms with Crippen molar-refractivity contribution in [2.45, 2.75) is 19.4 Å². The molecule has 1 atom stereocenters. The molecule has 0 radical (unpaired) electrons. The summed E-state index contributed by atoms with van der Waals surface area (Å²) >= 11 is 0. The van der Waals surface area contributed by atoms with Gasteiger partial charge in [0.2, 0.25) is 5.82 Å². The van der Waals surface area contributed by atoms with Crippen LogP contribution in [0.25, 0.3) is 22.8 Å². The third-order valence-corrected chi connectivity index (χ3v) is 4.08. The predicted octanol–water partition coefficient (Wildman–Crippen LogP) is 3.77. The van der Waals surface area contributed by atoms with E-state index in [1.54, 1.807) is 43.0 Å². The van der Waals surface area contributed by atoms with E-state index in [0.717, 1.165) is 12.1 Å². The SMILES string of the molecule is C[C@@H](Cc1cnccn1)Nc1ccc(-c2nc(-c3ccccc3F)no2)cn1. The number of hydrogen-bond donors (Lipinski definition) is 1. The molecule has 0 aliphatic heterocycles. The minimum absolute atomic E-state index is 0.131. The fourth-order valence-corrected chi connectivity index (χ4v) is 2.75. The third kappa shape index (κ3) is 4.01. The molecule has 1 N–H and O–H groups in total. The lowest BCUT2D eigenvalue weighted by atomic mass is 10.2. The Labute approximate surface area is 160 Å². The highest BCUT2D eigenvalue weighted by Gasteiger charge is 2.14. The lowest BCUT2D eigenvalue weighted by Crippen LogP contribution is -2.19. The van der Waals surface area contributed by atoms with E-state index in [4.69, 9.17) is 4.52 Å². The molecule has 3 aromatic heterocycles. The van der Waals surface area contributed by atoms with Crippen LogP contribution in [0.5, 0.6) is 0 Å². The normalized spacial score (nSPS) is 11.9. The van der Waals surface area contributed by atoms with E-state index in [1.807, 2.05) is 19.1 Å². The van der Waals surface area contributed by atoms with Crippen molar-refractivity contribution >= 4 is 5.82 Å². The van der Waals surface area contributed by atoms with Gasteiger partial charge >= 0.3 is 0 Å². The van der Waals surface area contributed by atoms with E-state index >= 15 is 0 Å². The number of anilines is 1. The highest BCUT2D eigenvalue weighted by molar-refractivity contribution is 5.60. The maximum absolute atomic E-state index is 13.9. The van der Waals surface area contributed by atoms with Gasteiger partial charge in [0.1, 0.15) is 11.6 Å². The minimum Gasteiger partial charge on any atom is -0.367 e. The Morgan fingerprint density at radius 1 is 1.07 bits per heavy atom. The quantitative estimate of drug-likeness (QED) is 0.548. The van der Waals surface area contributed by atoms with Crippen LogP contribution in [-0.2, 0) is 6.42 Å². The van der Waals surface area contributed by atoms with Crippen LogP contribution in [0.4, 0.5) is 10.2 Å². The molecule has 8 heteroatoms. The lowest BCUT2D eigenvalue weighted by molar-refractivity contribution is 0.431. The van der Waals surface area contributed by atoms with Crippen LogP contribution < -0.4 is 5.32 Å². The van der Waals surface area contributed by atoms with Crippen LogP contribution in [0, 0.1) is 5.82 Å². The van der Waals surface area contributed by atoms with E-state index in [9.17, 15) is 4.39 Å². The summed E-state index contributed by atoms with van der Waals surface area (Å²) in [5.74, 6) is 0.802. The average Bonchev–Trinajstić information content (AvgIpc) is 3.19. The van der Waals surface area contributed by atoms with Crippen molar-refractivity contribution in [1.82, 2.24) is 25.1 Å². The Balaban J connectivity index is 1.44. The minimum atomic E-state index is -0.399. The fraction of sp³-hybridized carbons (Fsp3) is 0.150. The summed E-state index contributed by atoms with van der Waals surface area (Å²) in [5, 5.41) is 7.17. The second-order valence-electron chi connectivity index (χ2n) is 6.28. The van der Waals surface area contributed by atoms with E-state index in [-0.39, 0.29) is 17.8 Å². The van der Waals surface area contributed by atoms with Crippen molar-refractivity contribution in [2.24, 2.45) is 0 Å². The smallest absolute Gasteiger partial charge is 0.259 e. The summed E-state index contributed by atoms with van der Waals surface area (Å²) in [7, 11) is 0. The van der Waals surface area contributed by atoms with Gasteiger partial charge in [0.15, 0.2) is 0 Å². The van der Waals surface area contributed by atoms with Crippen molar-refractivity contribution in [1.29, 1.82) is 0 Å². The van der Waals surface area contributed by atoms with Gasteiger partial charge in [-0.25, -0.2) is 9.37 Å². The Bertz CT molecular complexity index is 1050. The molecule has 140 valence electrons. The van der Waals surface area contributed by atoms with Crippen LogP contribution in [0.2, 0.25) is 0 Å².